The van der Waals surface area contributed by atoms with Crippen molar-refractivity contribution in [3.63, 3.8) is 0 Å². The molecule has 0 aromatic carbocycles. The molecular formula is C10H14N2. The molecule has 0 aliphatic heterocycles. The van der Waals surface area contributed by atoms with Gasteiger partial charge in [-0.2, -0.15) is 0 Å². The molecule has 0 aliphatic rings. The fourth-order valence-corrected chi connectivity index (χ4v) is 1.08. The summed E-state index contributed by atoms with van der Waals surface area (Å²) in [5, 5.41) is 0. The summed E-state index contributed by atoms with van der Waals surface area (Å²) in [5.41, 5.74) is 3.35. The third kappa shape index (κ3) is 1.84. The first-order chi connectivity index (χ1) is 5.75. The standard InChI is InChI=1S/C10H14N2/c1-4-5-6-8(2)10-9(3)11-7-12-10/h4-7H,1-3H3,(H,11,12)/b5-4-,8-6-. The number of H-pyrrole nitrogens is 1. The molecule has 0 saturated heterocycles. The zero-order chi connectivity index (χ0) is 8.97. The SMILES string of the molecule is C/C=C\C=C(\C)c1nc[nH]c1C. The molecule has 0 saturated carbocycles. The molecule has 1 heterocycles. The Labute approximate surface area is 73.0 Å². The molecule has 1 rings (SSSR count). The van der Waals surface area contributed by atoms with Crippen molar-refractivity contribution in [3.8, 4) is 0 Å². The average molecular weight is 162 g/mol. The molecule has 0 amide bonds. The molecule has 2 nitrogen and oxygen atoms in total. The number of hydrogen-bond acceptors (Lipinski definition) is 1. The molecular weight excluding hydrogens is 148 g/mol. The number of aromatic amines is 1. The van der Waals surface area contributed by atoms with Crippen LogP contribution in [0, 0.1) is 6.92 Å². The fraction of sp³-hybridized carbons (Fsp3) is 0.300. The monoisotopic (exact) mass is 162 g/mol. The summed E-state index contributed by atoms with van der Waals surface area (Å²) >= 11 is 0. The van der Waals surface area contributed by atoms with E-state index in [-0.39, 0.29) is 0 Å². The number of aromatic nitrogens is 2. The van der Waals surface area contributed by atoms with E-state index < -0.39 is 0 Å². The minimum atomic E-state index is 1.05. The zero-order valence-corrected chi connectivity index (χ0v) is 7.76. The van der Waals surface area contributed by atoms with Crippen molar-refractivity contribution in [2.24, 2.45) is 0 Å². The van der Waals surface area contributed by atoms with Crippen LogP contribution in [0.25, 0.3) is 5.57 Å². The summed E-state index contributed by atoms with van der Waals surface area (Å²) < 4.78 is 0. The lowest BCUT2D eigenvalue weighted by Crippen LogP contribution is -1.82. The summed E-state index contributed by atoms with van der Waals surface area (Å²) in [6, 6.07) is 0. The maximum atomic E-state index is 4.21. The smallest absolute Gasteiger partial charge is 0.0929 e. The van der Waals surface area contributed by atoms with Crippen LogP contribution >= 0.6 is 0 Å². The number of hydrogen-bond donors (Lipinski definition) is 1. The second kappa shape index (κ2) is 3.90. The molecule has 0 radical (unpaired) electrons. The van der Waals surface area contributed by atoms with Gasteiger partial charge in [0.2, 0.25) is 0 Å². The number of rotatable bonds is 2. The highest BCUT2D eigenvalue weighted by molar-refractivity contribution is 5.63. The number of nitrogens with one attached hydrogen (secondary N) is 1. The van der Waals surface area contributed by atoms with Gasteiger partial charge in [-0.25, -0.2) is 4.98 Å². The van der Waals surface area contributed by atoms with Crippen LogP contribution in [0.2, 0.25) is 0 Å². The van der Waals surface area contributed by atoms with Crippen LogP contribution in [0.1, 0.15) is 25.2 Å². The largest absolute Gasteiger partial charge is 0.348 e. The van der Waals surface area contributed by atoms with Crippen molar-refractivity contribution in [1.82, 2.24) is 9.97 Å². The van der Waals surface area contributed by atoms with Gasteiger partial charge in [-0.1, -0.05) is 18.2 Å². The van der Waals surface area contributed by atoms with Gasteiger partial charge in [0, 0.05) is 5.69 Å². The highest BCUT2D eigenvalue weighted by Gasteiger charge is 2.00. The Morgan fingerprint density at radius 2 is 2.33 bits per heavy atom. The summed E-state index contributed by atoms with van der Waals surface area (Å²) in [6.07, 6.45) is 7.80. The molecule has 0 bridgehead atoms. The van der Waals surface area contributed by atoms with Crippen LogP contribution in [0.15, 0.2) is 24.6 Å². The van der Waals surface area contributed by atoms with Crippen LogP contribution < -0.4 is 0 Å². The summed E-state index contributed by atoms with van der Waals surface area (Å²) in [4.78, 5) is 7.26. The molecule has 1 aromatic heterocycles. The van der Waals surface area contributed by atoms with E-state index in [4.69, 9.17) is 0 Å². The number of nitrogens with zero attached hydrogens (tertiary/aromatic N) is 1. The van der Waals surface area contributed by atoms with Crippen LogP contribution in [-0.4, -0.2) is 9.97 Å². The van der Waals surface area contributed by atoms with E-state index in [0.717, 1.165) is 11.4 Å². The Hall–Kier alpha value is -1.31. The summed E-state index contributed by atoms with van der Waals surface area (Å²) in [7, 11) is 0. The molecule has 0 unspecified atom stereocenters. The van der Waals surface area contributed by atoms with E-state index in [0.29, 0.717) is 0 Å². The Morgan fingerprint density at radius 1 is 1.58 bits per heavy atom. The topological polar surface area (TPSA) is 28.7 Å². The van der Waals surface area contributed by atoms with E-state index in [1.54, 1.807) is 6.33 Å². The first-order valence-electron chi connectivity index (χ1n) is 4.05. The molecule has 0 aliphatic carbocycles. The quantitative estimate of drug-likeness (QED) is 0.665. The first-order valence-corrected chi connectivity index (χ1v) is 4.05. The minimum Gasteiger partial charge on any atom is -0.348 e. The van der Waals surface area contributed by atoms with Gasteiger partial charge in [-0.05, 0) is 26.3 Å². The highest BCUT2D eigenvalue weighted by atomic mass is 14.9. The molecule has 1 N–H and O–H groups in total. The summed E-state index contributed by atoms with van der Waals surface area (Å²) in [6.45, 7) is 6.08. The lowest BCUT2D eigenvalue weighted by Gasteiger charge is -1.95. The van der Waals surface area contributed by atoms with Gasteiger partial charge in [-0.3, -0.25) is 0 Å². The van der Waals surface area contributed by atoms with E-state index in [9.17, 15) is 0 Å². The lowest BCUT2D eigenvalue weighted by molar-refractivity contribution is 1.25. The zero-order valence-electron chi connectivity index (χ0n) is 7.76. The Bertz CT molecular complexity index is 305. The Morgan fingerprint density at radius 3 is 2.83 bits per heavy atom. The third-order valence-electron chi connectivity index (χ3n) is 1.74. The molecule has 12 heavy (non-hydrogen) atoms. The van der Waals surface area contributed by atoms with Crippen LogP contribution in [-0.2, 0) is 0 Å². The molecule has 0 fully saturated rings. The van der Waals surface area contributed by atoms with Crippen molar-refractivity contribution in [1.29, 1.82) is 0 Å². The van der Waals surface area contributed by atoms with Gasteiger partial charge in [0.25, 0.3) is 0 Å². The van der Waals surface area contributed by atoms with Crippen molar-refractivity contribution < 1.29 is 0 Å². The molecule has 64 valence electrons. The minimum absolute atomic E-state index is 1.05. The number of imidazole rings is 1. The van der Waals surface area contributed by atoms with Gasteiger partial charge < -0.3 is 4.98 Å². The Kier molecular flexibility index (Phi) is 2.86. The van der Waals surface area contributed by atoms with E-state index in [1.165, 1.54) is 5.57 Å². The van der Waals surface area contributed by atoms with Gasteiger partial charge in [0.1, 0.15) is 0 Å². The number of aryl methyl sites for hydroxylation is 1. The van der Waals surface area contributed by atoms with Crippen molar-refractivity contribution in [3.05, 3.63) is 35.9 Å². The van der Waals surface area contributed by atoms with Crippen LogP contribution in [0.4, 0.5) is 0 Å². The van der Waals surface area contributed by atoms with Gasteiger partial charge >= 0.3 is 0 Å². The lowest BCUT2D eigenvalue weighted by atomic mass is 10.2. The predicted octanol–water partition coefficient (Wildman–Crippen LogP) is 2.70. The molecule has 2 heteroatoms. The van der Waals surface area contributed by atoms with Gasteiger partial charge in [0.15, 0.2) is 0 Å². The van der Waals surface area contributed by atoms with Gasteiger partial charge in [0.05, 0.1) is 12.0 Å². The van der Waals surface area contributed by atoms with Crippen molar-refractivity contribution in [2.75, 3.05) is 0 Å². The third-order valence-corrected chi connectivity index (χ3v) is 1.74. The highest BCUT2D eigenvalue weighted by Crippen LogP contribution is 2.13. The fourth-order valence-electron chi connectivity index (χ4n) is 1.08. The maximum Gasteiger partial charge on any atom is 0.0929 e. The van der Waals surface area contributed by atoms with Crippen molar-refractivity contribution in [2.45, 2.75) is 20.8 Å². The van der Waals surface area contributed by atoms with Crippen LogP contribution in [0.3, 0.4) is 0 Å². The van der Waals surface area contributed by atoms with E-state index in [1.807, 2.05) is 26.0 Å². The average Bonchev–Trinajstić information content (AvgIpc) is 2.47. The second-order valence-electron chi connectivity index (χ2n) is 2.75. The molecule has 0 spiro atoms. The summed E-state index contributed by atoms with van der Waals surface area (Å²) in [5.74, 6) is 0. The predicted molar refractivity (Wildman–Crippen MR) is 51.8 cm³/mol. The molecule has 0 atom stereocenters. The van der Waals surface area contributed by atoms with Crippen LogP contribution in [0.5, 0.6) is 0 Å². The first kappa shape index (κ1) is 8.78. The Balaban J connectivity index is 2.91. The maximum absolute atomic E-state index is 4.21. The van der Waals surface area contributed by atoms with Crippen molar-refractivity contribution >= 4 is 5.57 Å². The van der Waals surface area contributed by atoms with E-state index in [2.05, 4.69) is 23.0 Å². The molecule has 1 aromatic rings. The van der Waals surface area contributed by atoms with E-state index >= 15 is 0 Å². The second-order valence-corrected chi connectivity index (χ2v) is 2.75. The van der Waals surface area contributed by atoms with Gasteiger partial charge in [-0.15, -0.1) is 0 Å². The normalized spacial score (nSPS) is 12.8. The number of allylic oxidation sites excluding steroid dienone is 4.